The fraction of sp³-hybridized carbons (Fsp3) is 0.500. The molecule has 1 amide bonds. The van der Waals surface area contributed by atoms with Crippen molar-refractivity contribution in [1.29, 1.82) is 0 Å². The molecule has 2 saturated heterocycles. The average Bonchev–Trinajstić information content (AvgIpc) is 3.36. The van der Waals surface area contributed by atoms with Crippen molar-refractivity contribution in [2.24, 2.45) is 7.05 Å². The molecule has 0 saturated carbocycles. The van der Waals surface area contributed by atoms with Crippen molar-refractivity contribution in [2.75, 3.05) is 31.1 Å². The first-order chi connectivity index (χ1) is 12.2. The zero-order valence-corrected chi connectivity index (χ0v) is 14.5. The third kappa shape index (κ3) is 3.31. The highest BCUT2D eigenvalue weighted by molar-refractivity contribution is 5.93. The Hall–Kier alpha value is -2.57. The molecule has 4 heterocycles. The molecule has 0 bridgehead atoms. The largest absolute Gasteiger partial charge is 0.472 e. The van der Waals surface area contributed by atoms with Crippen molar-refractivity contribution in [1.82, 2.24) is 19.4 Å². The molecule has 0 spiro atoms. The molecule has 0 aromatic carbocycles. The fourth-order valence-electron chi connectivity index (χ4n) is 3.54. The number of amides is 1. The van der Waals surface area contributed by atoms with Crippen LogP contribution in [0.1, 0.15) is 29.8 Å². The summed E-state index contributed by atoms with van der Waals surface area (Å²) in [5.41, 5.74) is 0.707. The van der Waals surface area contributed by atoms with E-state index in [0.717, 1.165) is 25.3 Å². The van der Waals surface area contributed by atoms with Gasteiger partial charge in [-0.2, -0.15) is 0 Å². The molecule has 2 aliphatic heterocycles. The number of hydrogen-bond acceptors (Lipinski definition) is 5. The number of ether oxygens (including phenoxy) is 1. The highest BCUT2D eigenvalue weighted by Gasteiger charge is 2.29. The molecule has 1 atom stereocenters. The van der Waals surface area contributed by atoms with Gasteiger partial charge in [-0.3, -0.25) is 4.79 Å². The number of anilines is 1. The Morgan fingerprint density at radius 2 is 2.08 bits per heavy atom. The first-order valence-electron chi connectivity index (χ1n) is 8.85. The van der Waals surface area contributed by atoms with Crippen LogP contribution in [0, 0.1) is 0 Å². The van der Waals surface area contributed by atoms with Gasteiger partial charge in [-0.25, -0.2) is 9.97 Å². The van der Waals surface area contributed by atoms with Gasteiger partial charge < -0.3 is 19.1 Å². The normalized spacial score (nSPS) is 20.3. The summed E-state index contributed by atoms with van der Waals surface area (Å²) in [5.74, 6) is 1.58. The van der Waals surface area contributed by atoms with E-state index in [1.54, 1.807) is 6.33 Å². The van der Waals surface area contributed by atoms with Crippen molar-refractivity contribution in [3.63, 3.8) is 0 Å². The second kappa shape index (κ2) is 6.74. The number of nitrogens with zero attached hydrogens (tertiary/aromatic N) is 5. The van der Waals surface area contributed by atoms with E-state index in [1.165, 1.54) is 12.8 Å². The van der Waals surface area contributed by atoms with E-state index in [1.807, 2.05) is 40.9 Å². The van der Waals surface area contributed by atoms with Gasteiger partial charge in [-0.1, -0.05) is 0 Å². The van der Waals surface area contributed by atoms with Crippen LogP contribution in [0.3, 0.4) is 0 Å². The zero-order valence-electron chi connectivity index (χ0n) is 14.5. The molecule has 2 aromatic heterocycles. The summed E-state index contributed by atoms with van der Waals surface area (Å²) < 4.78 is 7.88. The van der Waals surface area contributed by atoms with Crippen LogP contribution in [0.5, 0.6) is 5.88 Å². The third-order valence-electron chi connectivity index (χ3n) is 4.94. The van der Waals surface area contributed by atoms with Gasteiger partial charge in [0.2, 0.25) is 5.88 Å². The molecule has 132 valence electrons. The second-order valence-electron chi connectivity index (χ2n) is 6.69. The Kier molecular flexibility index (Phi) is 4.29. The zero-order chi connectivity index (χ0) is 17.2. The summed E-state index contributed by atoms with van der Waals surface area (Å²) >= 11 is 0. The minimum Gasteiger partial charge on any atom is -0.472 e. The van der Waals surface area contributed by atoms with E-state index < -0.39 is 0 Å². The van der Waals surface area contributed by atoms with Crippen molar-refractivity contribution in [3.8, 4) is 5.88 Å². The fourth-order valence-corrected chi connectivity index (χ4v) is 3.54. The lowest BCUT2D eigenvalue weighted by Gasteiger charge is -2.19. The Balaban J connectivity index is 1.39. The molecule has 2 aromatic rings. The summed E-state index contributed by atoms with van der Waals surface area (Å²) in [7, 11) is 1.89. The van der Waals surface area contributed by atoms with Crippen LogP contribution in [0.25, 0.3) is 0 Å². The molecule has 4 rings (SSSR count). The molecule has 25 heavy (non-hydrogen) atoms. The maximum Gasteiger partial charge on any atom is 0.270 e. The average molecular weight is 341 g/mol. The number of hydrogen-bond donors (Lipinski definition) is 0. The lowest BCUT2D eigenvalue weighted by Crippen LogP contribution is -2.32. The summed E-state index contributed by atoms with van der Waals surface area (Å²) in [6, 6.07) is 5.65. The molecule has 7 heteroatoms. The molecule has 2 aliphatic rings. The lowest BCUT2D eigenvalue weighted by atomic mass is 10.3. The summed E-state index contributed by atoms with van der Waals surface area (Å²) in [4.78, 5) is 25.3. The van der Waals surface area contributed by atoms with E-state index in [-0.39, 0.29) is 12.0 Å². The van der Waals surface area contributed by atoms with E-state index in [2.05, 4.69) is 14.9 Å². The number of aromatic nitrogens is 3. The minimum atomic E-state index is -0.0226. The molecule has 0 radical (unpaired) electrons. The van der Waals surface area contributed by atoms with Crippen molar-refractivity contribution >= 4 is 11.7 Å². The standard InChI is InChI=1S/C18H23N5O2/c1-21-7-4-5-15(21)18(24)23-10-6-14(12-23)25-17-11-16(19-13-20-17)22-8-2-3-9-22/h4-5,7,11,13-14H,2-3,6,8-10,12H2,1H3. The van der Waals surface area contributed by atoms with Crippen LogP contribution in [0.4, 0.5) is 5.82 Å². The van der Waals surface area contributed by atoms with Crippen LogP contribution in [0.2, 0.25) is 0 Å². The Bertz CT molecular complexity index is 753. The molecule has 7 nitrogen and oxygen atoms in total. The van der Waals surface area contributed by atoms with Crippen molar-refractivity contribution in [3.05, 3.63) is 36.4 Å². The second-order valence-corrected chi connectivity index (χ2v) is 6.69. The van der Waals surface area contributed by atoms with Gasteiger partial charge in [0.25, 0.3) is 5.91 Å². The van der Waals surface area contributed by atoms with Crippen molar-refractivity contribution in [2.45, 2.75) is 25.4 Å². The maximum absolute atomic E-state index is 12.6. The topological polar surface area (TPSA) is 63.5 Å². The predicted molar refractivity (Wildman–Crippen MR) is 93.8 cm³/mol. The Morgan fingerprint density at radius 3 is 2.84 bits per heavy atom. The quantitative estimate of drug-likeness (QED) is 0.847. The van der Waals surface area contributed by atoms with Gasteiger partial charge >= 0.3 is 0 Å². The predicted octanol–water partition coefficient (Wildman–Crippen LogP) is 1.71. The van der Waals surface area contributed by atoms with Gasteiger partial charge in [0, 0.05) is 45.4 Å². The van der Waals surface area contributed by atoms with Crippen LogP contribution in [-0.4, -0.2) is 57.6 Å². The number of carbonyl (C=O) groups excluding carboxylic acids is 1. The van der Waals surface area contributed by atoms with Gasteiger partial charge in [-0.05, 0) is 25.0 Å². The van der Waals surface area contributed by atoms with Gasteiger partial charge in [0.15, 0.2) is 0 Å². The number of rotatable bonds is 4. The maximum atomic E-state index is 12.6. The summed E-state index contributed by atoms with van der Waals surface area (Å²) in [6.45, 7) is 3.38. The monoisotopic (exact) mass is 341 g/mol. The molecule has 0 aliphatic carbocycles. The van der Waals surface area contributed by atoms with Gasteiger partial charge in [0.1, 0.15) is 23.9 Å². The van der Waals surface area contributed by atoms with Gasteiger partial charge in [-0.15, -0.1) is 0 Å². The van der Waals surface area contributed by atoms with E-state index in [4.69, 9.17) is 4.74 Å². The van der Waals surface area contributed by atoms with E-state index >= 15 is 0 Å². The van der Waals surface area contributed by atoms with Crippen LogP contribution >= 0.6 is 0 Å². The number of likely N-dealkylation sites (tertiary alicyclic amines) is 1. The minimum absolute atomic E-state index is 0.0226. The van der Waals surface area contributed by atoms with Crippen LogP contribution < -0.4 is 9.64 Å². The van der Waals surface area contributed by atoms with E-state index in [9.17, 15) is 4.79 Å². The first-order valence-corrected chi connectivity index (χ1v) is 8.85. The molecule has 2 fully saturated rings. The van der Waals surface area contributed by atoms with Gasteiger partial charge in [0.05, 0.1) is 6.54 Å². The molecule has 0 N–H and O–H groups in total. The summed E-state index contributed by atoms with van der Waals surface area (Å²) in [6.07, 6.45) is 6.66. The van der Waals surface area contributed by atoms with Crippen LogP contribution in [-0.2, 0) is 7.05 Å². The van der Waals surface area contributed by atoms with Crippen LogP contribution in [0.15, 0.2) is 30.7 Å². The molecular weight excluding hydrogens is 318 g/mol. The van der Waals surface area contributed by atoms with E-state index in [0.29, 0.717) is 24.7 Å². The van der Waals surface area contributed by atoms with Crippen molar-refractivity contribution < 1.29 is 9.53 Å². The Labute approximate surface area is 147 Å². The highest BCUT2D eigenvalue weighted by Crippen LogP contribution is 2.23. The highest BCUT2D eigenvalue weighted by atomic mass is 16.5. The summed E-state index contributed by atoms with van der Waals surface area (Å²) in [5, 5.41) is 0. The number of aryl methyl sites for hydroxylation is 1. The lowest BCUT2D eigenvalue weighted by molar-refractivity contribution is 0.0762. The molecular formula is C18H23N5O2. The molecule has 1 unspecified atom stereocenters. The smallest absolute Gasteiger partial charge is 0.270 e. The third-order valence-corrected chi connectivity index (χ3v) is 4.94. The first kappa shape index (κ1) is 15.9. The Morgan fingerprint density at radius 1 is 1.24 bits per heavy atom. The number of carbonyl (C=O) groups is 1. The SMILES string of the molecule is Cn1cccc1C(=O)N1CCC(Oc2cc(N3CCCC3)ncn2)C1.